The molecule has 1 aromatic carbocycles. The van der Waals surface area contributed by atoms with Crippen molar-refractivity contribution in [2.75, 3.05) is 0 Å². The van der Waals surface area contributed by atoms with Crippen molar-refractivity contribution in [1.29, 1.82) is 0 Å². The molecule has 0 aliphatic rings. The van der Waals surface area contributed by atoms with Crippen LogP contribution >= 0.6 is 28.6 Å². The van der Waals surface area contributed by atoms with Crippen molar-refractivity contribution in [2.24, 2.45) is 0 Å². The highest BCUT2D eigenvalue weighted by atomic mass is 79.9. The van der Waals surface area contributed by atoms with E-state index in [1.807, 2.05) is 32.0 Å². The first-order chi connectivity index (χ1) is 6.02. The number of hydrogen-bond donors (Lipinski definition) is 1. The number of aryl methyl sites for hydroxylation is 1. The third kappa shape index (κ3) is 2.58. The number of alkyl halides is 1. The molecule has 3 heteroatoms. The first kappa shape index (κ1) is 10.8. The van der Waals surface area contributed by atoms with Crippen LogP contribution in [0, 0.1) is 6.92 Å². The number of benzene rings is 1. The predicted octanol–water partition coefficient (Wildman–Crippen LogP) is 3.25. The summed E-state index contributed by atoms with van der Waals surface area (Å²) >= 11 is 7.49. The Morgan fingerprint density at radius 3 is 2.69 bits per heavy atom. The molecule has 0 fully saturated rings. The number of hydrogen-bond acceptors (Lipinski definition) is 2. The molecular weight excluding hydrogens is 248 g/mol. The van der Waals surface area contributed by atoms with Gasteiger partial charge in [-0.2, -0.15) is 0 Å². The maximum absolute atomic E-state index is 11.6. The minimum absolute atomic E-state index is 0.0775. The number of Topliss-reactive ketones (excluding diaryl/α,β-unsaturated/α-hetero) is 1. The lowest BCUT2D eigenvalue weighted by atomic mass is 10.1. The van der Waals surface area contributed by atoms with Gasteiger partial charge in [0.1, 0.15) is 0 Å². The molecule has 0 heterocycles. The van der Waals surface area contributed by atoms with E-state index < -0.39 is 0 Å². The summed E-state index contributed by atoms with van der Waals surface area (Å²) in [7, 11) is 0. The average molecular weight is 259 g/mol. The van der Waals surface area contributed by atoms with Gasteiger partial charge in [0.2, 0.25) is 0 Å². The smallest absolute Gasteiger partial charge is 0.177 e. The Labute approximate surface area is 92.1 Å². The Hall–Kier alpha value is -0.280. The maximum Gasteiger partial charge on any atom is 0.177 e. The Morgan fingerprint density at radius 1 is 1.54 bits per heavy atom. The summed E-state index contributed by atoms with van der Waals surface area (Å²) < 4.78 is 0. The summed E-state index contributed by atoms with van der Waals surface area (Å²) in [5.74, 6) is 0.0775. The van der Waals surface area contributed by atoms with E-state index in [4.69, 9.17) is 0 Å². The Balaban J connectivity index is 3.13. The largest absolute Gasteiger partial charge is 0.293 e. The van der Waals surface area contributed by atoms with Crippen molar-refractivity contribution in [3.05, 3.63) is 29.3 Å². The van der Waals surface area contributed by atoms with Crippen LogP contribution in [0.4, 0.5) is 0 Å². The Bertz CT molecular complexity index is 334. The van der Waals surface area contributed by atoms with Crippen molar-refractivity contribution in [1.82, 2.24) is 0 Å². The van der Waals surface area contributed by atoms with E-state index in [0.717, 1.165) is 10.5 Å². The average Bonchev–Trinajstić information content (AvgIpc) is 2.08. The van der Waals surface area contributed by atoms with Crippen LogP contribution in [0.25, 0.3) is 0 Å². The number of carbonyl (C=O) groups excluding carboxylic acids is 1. The highest BCUT2D eigenvalue weighted by Gasteiger charge is 2.14. The second-order valence-corrected chi connectivity index (χ2v) is 4.86. The van der Waals surface area contributed by atoms with Gasteiger partial charge >= 0.3 is 0 Å². The molecule has 0 aromatic heterocycles. The summed E-state index contributed by atoms with van der Waals surface area (Å²) in [5, 5.41) is 0. The summed E-state index contributed by atoms with van der Waals surface area (Å²) in [6.07, 6.45) is 0. The molecule has 0 N–H and O–H groups in total. The van der Waals surface area contributed by atoms with E-state index in [2.05, 4.69) is 28.6 Å². The molecule has 1 atom stereocenters. The van der Waals surface area contributed by atoms with Crippen molar-refractivity contribution >= 4 is 34.3 Å². The molecule has 1 rings (SSSR count). The van der Waals surface area contributed by atoms with Gasteiger partial charge < -0.3 is 0 Å². The van der Waals surface area contributed by atoms with Crippen molar-refractivity contribution in [3.8, 4) is 0 Å². The van der Waals surface area contributed by atoms with Crippen LogP contribution in [0.1, 0.15) is 22.8 Å². The monoisotopic (exact) mass is 258 g/mol. The Morgan fingerprint density at radius 2 is 2.15 bits per heavy atom. The standard InChI is InChI=1S/C10H11BrOS/c1-6-3-4-9(13)8(5-6)10(12)7(2)11/h3-5,7,13H,1-2H3. The molecule has 0 radical (unpaired) electrons. The van der Waals surface area contributed by atoms with E-state index in [9.17, 15) is 4.79 Å². The molecule has 0 spiro atoms. The van der Waals surface area contributed by atoms with Gasteiger partial charge in [-0.25, -0.2) is 0 Å². The molecule has 0 saturated heterocycles. The van der Waals surface area contributed by atoms with Gasteiger partial charge in [-0.05, 0) is 26.0 Å². The molecule has 0 aliphatic heterocycles. The summed E-state index contributed by atoms with van der Waals surface area (Å²) in [4.78, 5) is 12.2. The van der Waals surface area contributed by atoms with Crippen LogP contribution in [0.15, 0.2) is 23.1 Å². The number of carbonyl (C=O) groups is 1. The third-order valence-corrected chi connectivity index (χ3v) is 2.58. The van der Waals surface area contributed by atoms with E-state index in [-0.39, 0.29) is 10.6 Å². The molecule has 70 valence electrons. The second-order valence-electron chi connectivity index (χ2n) is 3.00. The highest BCUT2D eigenvalue weighted by Crippen LogP contribution is 2.19. The van der Waals surface area contributed by atoms with Gasteiger partial charge in [0, 0.05) is 10.5 Å². The van der Waals surface area contributed by atoms with E-state index >= 15 is 0 Å². The van der Waals surface area contributed by atoms with Gasteiger partial charge in [-0.3, -0.25) is 4.79 Å². The fourth-order valence-corrected chi connectivity index (χ4v) is 1.56. The van der Waals surface area contributed by atoms with Crippen LogP contribution in [0.3, 0.4) is 0 Å². The van der Waals surface area contributed by atoms with Crippen LogP contribution in [0.5, 0.6) is 0 Å². The summed E-state index contributed by atoms with van der Waals surface area (Å²) in [6, 6.07) is 5.65. The molecule has 13 heavy (non-hydrogen) atoms. The SMILES string of the molecule is Cc1ccc(S)c(C(=O)C(C)Br)c1. The summed E-state index contributed by atoms with van der Waals surface area (Å²) in [5.41, 5.74) is 1.77. The fraction of sp³-hybridized carbons (Fsp3) is 0.300. The minimum atomic E-state index is -0.153. The van der Waals surface area contributed by atoms with E-state index in [1.165, 1.54) is 0 Å². The predicted molar refractivity (Wildman–Crippen MR) is 61.2 cm³/mol. The zero-order valence-corrected chi connectivity index (χ0v) is 10.0. The Kier molecular flexibility index (Phi) is 3.56. The molecule has 0 amide bonds. The normalized spacial score (nSPS) is 12.6. The van der Waals surface area contributed by atoms with Gasteiger partial charge in [-0.15, -0.1) is 12.6 Å². The number of thiol groups is 1. The molecule has 1 unspecified atom stereocenters. The molecule has 0 aliphatic carbocycles. The maximum atomic E-state index is 11.6. The van der Waals surface area contributed by atoms with Crippen LogP contribution in [0.2, 0.25) is 0 Å². The lowest BCUT2D eigenvalue weighted by molar-refractivity contribution is 0.0993. The lowest BCUT2D eigenvalue weighted by Crippen LogP contribution is -2.10. The van der Waals surface area contributed by atoms with Crippen molar-refractivity contribution < 1.29 is 4.79 Å². The van der Waals surface area contributed by atoms with Crippen molar-refractivity contribution in [3.63, 3.8) is 0 Å². The van der Waals surface area contributed by atoms with Gasteiger partial charge in [0.25, 0.3) is 0 Å². The zero-order valence-electron chi connectivity index (χ0n) is 7.54. The van der Waals surface area contributed by atoms with Crippen molar-refractivity contribution in [2.45, 2.75) is 23.6 Å². The van der Waals surface area contributed by atoms with Gasteiger partial charge in [0.15, 0.2) is 5.78 Å². The molecule has 0 saturated carbocycles. The number of ketones is 1. The molecule has 1 nitrogen and oxygen atoms in total. The molecule has 1 aromatic rings. The highest BCUT2D eigenvalue weighted by molar-refractivity contribution is 9.10. The first-order valence-electron chi connectivity index (χ1n) is 4.00. The van der Waals surface area contributed by atoms with Crippen LogP contribution < -0.4 is 0 Å². The quantitative estimate of drug-likeness (QED) is 0.490. The topological polar surface area (TPSA) is 17.1 Å². The van der Waals surface area contributed by atoms with Gasteiger partial charge in [-0.1, -0.05) is 27.6 Å². The van der Waals surface area contributed by atoms with Gasteiger partial charge in [0.05, 0.1) is 4.83 Å². The number of rotatable bonds is 2. The van der Waals surface area contributed by atoms with Crippen LogP contribution in [-0.4, -0.2) is 10.6 Å². The fourth-order valence-electron chi connectivity index (χ4n) is 1.06. The second kappa shape index (κ2) is 4.29. The molecular formula is C10H11BrOS. The first-order valence-corrected chi connectivity index (χ1v) is 5.36. The third-order valence-electron chi connectivity index (χ3n) is 1.78. The summed E-state index contributed by atoms with van der Waals surface area (Å²) in [6.45, 7) is 3.78. The van der Waals surface area contributed by atoms with Crippen LogP contribution in [-0.2, 0) is 0 Å². The zero-order chi connectivity index (χ0) is 10.0. The molecule has 0 bridgehead atoms. The lowest BCUT2D eigenvalue weighted by Gasteiger charge is -2.06. The van der Waals surface area contributed by atoms with E-state index in [0.29, 0.717) is 5.56 Å². The van der Waals surface area contributed by atoms with E-state index in [1.54, 1.807) is 0 Å². The minimum Gasteiger partial charge on any atom is -0.293 e. The number of halogens is 1.